The Morgan fingerprint density at radius 3 is 2.38 bits per heavy atom. The van der Waals surface area contributed by atoms with Crippen molar-refractivity contribution in [1.29, 1.82) is 0 Å². The summed E-state index contributed by atoms with van der Waals surface area (Å²) >= 11 is 0. The molecule has 3 saturated carbocycles. The summed E-state index contributed by atoms with van der Waals surface area (Å²) in [5.74, 6) is 0.677. The number of benzene rings is 2. The van der Waals surface area contributed by atoms with Crippen LogP contribution in [0.5, 0.6) is 11.5 Å². The molecule has 1 spiro atoms. The number of hydrogen-bond acceptors (Lipinski definition) is 11. The van der Waals surface area contributed by atoms with Crippen LogP contribution in [0.2, 0.25) is 0 Å². The molecular formula is C51H62N8O6S. The number of rotatable bonds is 13. The zero-order chi connectivity index (χ0) is 45.6. The average Bonchev–Trinajstić information content (AvgIpc) is 3.85. The molecule has 5 aliphatic rings. The number of anilines is 2. The molecule has 3 aromatic heterocycles. The number of likely N-dealkylation sites (tertiary alicyclic amines) is 1. The van der Waals surface area contributed by atoms with Gasteiger partial charge in [-0.05, 0) is 154 Å². The number of fused-ring (bicyclic) bond motifs is 1. The standard InChI is InChI=1S/C51H62N8O6S/c1-50(2)18-13-34(14-19-50)31-53-48-45(59(61)62)30-40(33-55-48)66(63,64)56-49(60)43-12-11-38(29-46(43)65-39-28-36-17-24-52-47(36)54-32-39)57-26-22-51(23-27-57)20-15-37(16-21-51)58-25-5-8-44(58)42-7-4-3-6-41(42)35-9-10-35/h3-4,6-7,11-12,17,24,28-30,32-35,37,44H,5,8-10,13-16,18-23,25-27,31H2,1-2H3,(H,52,54)(H,53,55)(H,56,60)/t44-/m1/s1. The molecule has 66 heavy (non-hydrogen) atoms. The van der Waals surface area contributed by atoms with Crippen molar-refractivity contribution in [1.82, 2.24) is 24.6 Å². The van der Waals surface area contributed by atoms with Crippen LogP contribution < -0.4 is 19.7 Å². The minimum atomic E-state index is -4.60. The smallest absolute Gasteiger partial charge is 0.312 e. The van der Waals surface area contributed by atoms with Crippen LogP contribution in [0.3, 0.4) is 0 Å². The largest absolute Gasteiger partial charge is 0.455 e. The van der Waals surface area contributed by atoms with Crippen molar-refractivity contribution in [3.63, 3.8) is 0 Å². The molecule has 2 aromatic carbocycles. The average molecular weight is 915 g/mol. The predicted molar refractivity (Wildman–Crippen MR) is 256 cm³/mol. The molecule has 14 nitrogen and oxygen atoms in total. The summed E-state index contributed by atoms with van der Waals surface area (Å²) in [6.45, 7) is 7.90. The second kappa shape index (κ2) is 17.9. The van der Waals surface area contributed by atoms with Crippen molar-refractivity contribution in [2.75, 3.05) is 36.4 Å². The van der Waals surface area contributed by atoms with Crippen LogP contribution in [0.15, 0.2) is 84.1 Å². The molecule has 0 bridgehead atoms. The van der Waals surface area contributed by atoms with Crippen molar-refractivity contribution >= 4 is 44.2 Å². The zero-order valence-corrected chi connectivity index (χ0v) is 39.0. The number of piperidine rings is 1. The van der Waals surface area contributed by atoms with Gasteiger partial charge < -0.3 is 19.9 Å². The Bertz CT molecular complexity index is 2710. The van der Waals surface area contributed by atoms with Crippen molar-refractivity contribution in [2.24, 2.45) is 16.7 Å². The van der Waals surface area contributed by atoms with Gasteiger partial charge in [0.25, 0.3) is 15.9 Å². The van der Waals surface area contributed by atoms with E-state index in [1.54, 1.807) is 41.7 Å². The highest BCUT2D eigenvalue weighted by Gasteiger charge is 2.43. The van der Waals surface area contributed by atoms with Gasteiger partial charge in [-0.15, -0.1) is 0 Å². The van der Waals surface area contributed by atoms with Gasteiger partial charge >= 0.3 is 5.69 Å². The SMILES string of the molecule is CC1(C)CCC(CNc2ncc(S(=O)(=O)NC(=O)c3ccc(N4CCC5(CCC(N6CCC[C@@H]6c6ccccc6C6CC6)CC5)CC4)cc3Oc3cnc4[nH]ccc4c3)cc2[N+](=O)[O-])CC1. The first kappa shape index (κ1) is 44.3. The van der Waals surface area contributed by atoms with E-state index in [9.17, 15) is 23.3 Å². The van der Waals surface area contributed by atoms with E-state index >= 15 is 0 Å². The molecule has 348 valence electrons. The number of pyridine rings is 2. The van der Waals surface area contributed by atoms with Crippen LogP contribution >= 0.6 is 0 Å². The van der Waals surface area contributed by atoms with Crippen molar-refractivity contribution in [2.45, 2.75) is 127 Å². The first-order chi connectivity index (χ1) is 31.8. The van der Waals surface area contributed by atoms with Crippen LogP contribution in [0.1, 0.15) is 137 Å². The minimum absolute atomic E-state index is 0.00759. The van der Waals surface area contributed by atoms with E-state index in [1.807, 2.05) is 12.1 Å². The van der Waals surface area contributed by atoms with E-state index in [0.717, 1.165) is 80.9 Å². The van der Waals surface area contributed by atoms with Gasteiger partial charge in [-0.3, -0.25) is 19.8 Å². The predicted octanol–water partition coefficient (Wildman–Crippen LogP) is 10.6. The Balaban J connectivity index is 0.824. The number of carbonyl (C=O) groups excluding carboxylic acids is 1. The van der Waals surface area contributed by atoms with Crippen LogP contribution in [0, 0.1) is 26.9 Å². The number of aromatic amines is 1. The van der Waals surface area contributed by atoms with Gasteiger partial charge in [0.2, 0.25) is 5.82 Å². The van der Waals surface area contributed by atoms with Crippen molar-refractivity contribution in [3.05, 3.63) is 106 Å². The number of nitro groups is 1. The number of nitrogens with one attached hydrogen (secondary N) is 3. The number of H-pyrrole nitrogens is 1. The Labute approximate surface area is 387 Å². The van der Waals surface area contributed by atoms with Crippen molar-refractivity contribution in [3.8, 4) is 11.5 Å². The molecule has 1 amide bonds. The van der Waals surface area contributed by atoms with E-state index in [4.69, 9.17) is 4.74 Å². The van der Waals surface area contributed by atoms with Crippen LogP contribution in [0.25, 0.3) is 11.0 Å². The molecule has 2 aliphatic heterocycles. The van der Waals surface area contributed by atoms with E-state index < -0.39 is 31.4 Å². The van der Waals surface area contributed by atoms with E-state index in [0.29, 0.717) is 41.4 Å². The van der Waals surface area contributed by atoms with Crippen LogP contribution in [0.4, 0.5) is 17.2 Å². The second-order valence-corrected chi connectivity index (χ2v) is 22.3. The fourth-order valence-corrected chi connectivity index (χ4v) is 12.4. The molecule has 5 aromatic rings. The quantitative estimate of drug-likeness (QED) is 0.0757. The first-order valence-corrected chi connectivity index (χ1v) is 25.6. The van der Waals surface area contributed by atoms with Gasteiger partial charge in [0.05, 0.1) is 22.9 Å². The van der Waals surface area contributed by atoms with Gasteiger partial charge in [0.1, 0.15) is 22.0 Å². The number of ether oxygens (including phenoxy) is 1. The fourth-order valence-electron chi connectivity index (χ4n) is 11.5. The molecule has 5 fully saturated rings. The highest BCUT2D eigenvalue weighted by molar-refractivity contribution is 7.90. The molecule has 5 heterocycles. The van der Waals surface area contributed by atoms with E-state index in [-0.39, 0.29) is 22.5 Å². The lowest BCUT2D eigenvalue weighted by molar-refractivity contribution is -0.384. The number of sulfonamides is 1. The fraction of sp³-hybridized carbons (Fsp3) is 0.510. The third-order valence-corrected chi connectivity index (χ3v) is 17.0. The third kappa shape index (κ3) is 9.38. The van der Waals surface area contributed by atoms with Gasteiger partial charge in [0, 0.05) is 61.1 Å². The molecule has 0 radical (unpaired) electrons. The molecular weight excluding hydrogens is 853 g/mol. The summed E-state index contributed by atoms with van der Waals surface area (Å²) in [6, 6.07) is 20.2. The Kier molecular flexibility index (Phi) is 12.0. The van der Waals surface area contributed by atoms with Gasteiger partial charge in [-0.25, -0.2) is 23.1 Å². The summed E-state index contributed by atoms with van der Waals surface area (Å²) in [6.07, 6.45) is 20.7. The Morgan fingerprint density at radius 1 is 0.879 bits per heavy atom. The molecule has 3 N–H and O–H groups in total. The van der Waals surface area contributed by atoms with Gasteiger partial charge in [-0.2, -0.15) is 0 Å². The molecule has 0 unspecified atom stereocenters. The van der Waals surface area contributed by atoms with Crippen molar-refractivity contribution < 1.29 is 22.9 Å². The highest BCUT2D eigenvalue weighted by atomic mass is 32.2. The van der Waals surface area contributed by atoms with Crippen LogP contribution in [-0.2, 0) is 10.0 Å². The number of hydrogen-bond donors (Lipinski definition) is 3. The zero-order valence-electron chi connectivity index (χ0n) is 38.1. The summed E-state index contributed by atoms with van der Waals surface area (Å²) in [4.78, 5) is 41.9. The highest BCUT2D eigenvalue weighted by Crippen LogP contribution is 2.51. The molecule has 15 heteroatoms. The second-order valence-electron chi connectivity index (χ2n) is 20.6. The number of nitrogens with zero attached hydrogens (tertiary/aromatic N) is 5. The normalized spacial score (nSPS) is 21.5. The maximum absolute atomic E-state index is 14.0. The Morgan fingerprint density at radius 2 is 1.64 bits per heavy atom. The summed E-state index contributed by atoms with van der Waals surface area (Å²) in [5, 5.41) is 16.1. The van der Waals surface area contributed by atoms with Crippen LogP contribution in [-0.4, -0.2) is 71.3 Å². The van der Waals surface area contributed by atoms with E-state index in [1.165, 1.54) is 57.9 Å². The Hall–Kier alpha value is -5.54. The molecule has 3 aliphatic carbocycles. The monoisotopic (exact) mass is 914 g/mol. The van der Waals surface area contributed by atoms with E-state index in [2.05, 4.69) is 72.9 Å². The molecule has 1 atom stereocenters. The number of aromatic nitrogens is 3. The lowest BCUT2D eigenvalue weighted by Crippen LogP contribution is -2.45. The topological polar surface area (TPSA) is 176 Å². The number of amides is 1. The lowest BCUT2D eigenvalue weighted by atomic mass is 9.66. The number of carbonyl (C=O) groups is 1. The third-order valence-electron chi connectivity index (χ3n) is 15.7. The first-order valence-electron chi connectivity index (χ1n) is 24.1. The molecule has 2 saturated heterocycles. The minimum Gasteiger partial charge on any atom is -0.455 e. The summed E-state index contributed by atoms with van der Waals surface area (Å²) < 4.78 is 36.0. The maximum atomic E-state index is 14.0. The summed E-state index contributed by atoms with van der Waals surface area (Å²) in [7, 11) is -4.60. The molecule has 10 rings (SSSR count). The van der Waals surface area contributed by atoms with Gasteiger partial charge in [0.15, 0.2) is 0 Å². The lowest BCUT2D eigenvalue weighted by Gasteiger charge is -2.48. The summed E-state index contributed by atoms with van der Waals surface area (Å²) in [5.41, 5.74) is 4.82. The van der Waals surface area contributed by atoms with Gasteiger partial charge in [-0.1, -0.05) is 38.1 Å². The maximum Gasteiger partial charge on any atom is 0.312 e.